The molecule has 1 aliphatic rings. The van der Waals surface area contributed by atoms with E-state index in [1.54, 1.807) is 11.8 Å². The van der Waals surface area contributed by atoms with Gasteiger partial charge in [-0.3, -0.25) is 4.57 Å². The summed E-state index contributed by atoms with van der Waals surface area (Å²) in [5, 5.41) is 3.60. The highest BCUT2D eigenvalue weighted by atomic mass is 32.2. The summed E-state index contributed by atoms with van der Waals surface area (Å²) < 4.78 is 2.14. The van der Waals surface area contributed by atoms with Crippen molar-refractivity contribution < 1.29 is 0 Å². The Balaban J connectivity index is 1.77. The summed E-state index contributed by atoms with van der Waals surface area (Å²) in [6.45, 7) is 0. The second-order valence-corrected chi connectivity index (χ2v) is 6.18. The molecule has 106 valence electrons. The van der Waals surface area contributed by atoms with Crippen LogP contribution in [0.1, 0.15) is 32.1 Å². The van der Waals surface area contributed by atoms with E-state index in [2.05, 4.69) is 45.4 Å². The molecule has 0 radical (unpaired) electrons. The normalized spacial score (nSPS) is 16.2. The van der Waals surface area contributed by atoms with Gasteiger partial charge in [0.25, 0.3) is 0 Å². The molecule has 0 unspecified atom stereocenters. The molecule has 0 atom stereocenters. The number of thioether (sulfide) groups is 1. The van der Waals surface area contributed by atoms with Crippen molar-refractivity contribution in [1.29, 1.82) is 0 Å². The predicted molar refractivity (Wildman–Crippen MR) is 85.8 cm³/mol. The van der Waals surface area contributed by atoms with Gasteiger partial charge in [0.1, 0.15) is 0 Å². The molecule has 1 fully saturated rings. The van der Waals surface area contributed by atoms with Gasteiger partial charge in [-0.2, -0.15) is 0 Å². The van der Waals surface area contributed by atoms with E-state index in [9.17, 15) is 0 Å². The molecule has 1 heterocycles. The minimum Gasteiger partial charge on any atom is -0.353 e. The standard InChI is InChI=1S/C16H21N3S/c1-20-15-9-7-14(8-10-15)19-12-11-17-16(19)18-13-5-3-2-4-6-13/h7-13H,2-6H2,1H3,(H,17,18). The molecule has 0 saturated heterocycles. The van der Waals surface area contributed by atoms with Crippen molar-refractivity contribution in [3.63, 3.8) is 0 Å². The van der Waals surface area contributed by atoms with E-state index in [1.807, 2.05) is 12.4 Å². The van der Waals surface area contributed by atoms with Gasteiger partial charge in [0.05, 0.1) is 0 Å². The van der Waals surface area contributed by atoms with E-state index in [4.69, 9.17) is 0 Å². The Labute approximate surface area is 124 Å². The molecule has 4 heteroatoms. The smallest absolute Gasteiger partial charge is 0.207 e. The Morgan fingerprint density at radius 2 is 1.90 bits per heavy atom. The van der Waals surface area contributed by atoms with Crippen molar-refractivity contribution in [3.05, 3.63) is 36.7 Å². The fraction of sp³-hybridized carbons (Fsp3) is 0.438. The summed E-state index contributed by atoms with van der Waals surface area (Å²) in [5.41, 5.74) is 1.17. The molecule has 3 rings (SSSR count). The van der Waals surface area contributed by atoms with Crippen molar-refractivity contribution in [2.75, 3.05) is 11.6 Å². The molecular formula is C16H21N3S. The molecule has 0 spiro atoms. The van der Waals surface area contributed by atoms with Gasteiger partial charge in [0.2, 0.25) is 5.95 Å². The third-order valence-electron chi connectivity index (χ3n) is 3.93. The molecule has 3 nitrogen and oxygen atoms in total. The van der Waals surface area contributed by atoms with Crippen LogP contribution in [0.25, 0.3) is 5.69 Å². The minimum atomic E-state index is 0.579. The molecule has 0 amide bonds. The second kappa shape index (κ2) is 6.35. The average molecular weight is 287 g/mol. The van der Waals surface area contributed by atoms with Gasteiger partial charge in [0, 0.05) is 29.0 Å². The second-order valence-electron chi connectivity index (χ2n) is 5.30. The van der Waals surface area contributed by atoms with Crippen LogP contribution in [0.15, 0.2) is 41.6 Å². The van der Waals surface area contributed by atoms with Crippen LogP contribution in [0.4, 0.5) is 5.95 Å². The zero-order chi connectivity index (χ0) is 13.8. The van der Waals surface area contributed by atoms with Crippen LogP contribution in [-0.4, -0.2) is 21.8 Å². The lowest BCUT2D eigenvalue weighted by Gasteiger charge is -2.23. The van der Waals surface area contributed by atoms with Gasteiger partial charge in [0.15, 0.2) is 0 Å². The number of aromatic nitrogens is 2. The summed E-state index contributed by atoms with van der Waals surface area (Å²) in [5.74, 6) is 0.966. The van der Waals surface area contributed by atoms with Crippen LogP contribution < -0.4 is 5.32 Å². The highest BCUT2D eigenvalue weighted by molar-refractivity contribution is 7.98. The van der Waals surface area contributed by atoms with E-state index in [-0.39, 0.29) is 0 Å². The van der Waals surface area contributed by atoms with Gasteiger partial charge in [-0.05, 0) is 43.4 Å². The van der Waals surface area contributed by atoms with Crippen molar-refractivity contribution in [3.8, 4) is 5.69 Å². The monoisotopic (exact) mass is 287 g/mol. The van der Waals surface area contributed by atoms with Gasteiger partial charge >= 0.3 is 0 Å². The van der Waals surface area contributed by atoms with Crippen LogP contribution in [0.3, 0.4) is 0 Å². The minimum absolute atomic E-state index is 0.579. The molecule has 0 aliphatic heterocycles. The average Bonchev–Trinajstić information content (AvgIpc) is 2.96. The molecule has 0 bridgehead atoms. The number of nitrogens with zero attached hydrogens (tertiary/aromatic N) is 2. The van der Waals surface area contributed by atoms with Crippen LogP contribution in [0.2, 0.25) is 0 Å². The first kappa shape index (κ1) is 13.6. The topological polar surface area (TPSA) is 29.9 Å². The first-order valence-corrected chi connectivity index (χ1v) is 8.53. The molecule has 2 aromatic rings. The third-order valence-corrected chi connectivity index (χ3v) is 4.67. The van der Waals surface area contributed by atoms with Crippen molar-refractivity contribution in [2.45, 2.75) is 43.0 Å². The largest absolute Gasteiger partial charge is 0.353 e. The Kier molecular flexibility index (Phi) is 4.31. The molecule has 1 aromatic carbocycles. The summed E-state index contributed by atoms with van der Waals surface area (Å²) in [7, 11) is 0. The number of rotatable bonds is 4. The Morgan fingerprint density at radius 3 is 2.60 bits per heavy atom. The SMILES string of the molecule is CSc1ccc(-n2ccnc2NC2CCCCC2)cc1. The maximum atomic E-state index is 4.48. The Morgan fingerprint density at radius 1 is 1.15 bits per heavy atom. The zero-order valence-electron chi connectivity index (χ0n) is 11.9. The molecule has 1 N–H and O–H groups in total. The van der Waals surface area contributed by atoms with E-state index in [0.29, 0.717) is 6.04 Å². The number of benzene rings is 1. The Hall–Kier alpha value is -1.42. The third kappa shape index (κ3) is 3.01. The molecule has 1 saturated carbocycles. The molecule has 20 heavy (non-hydrogen) atoms. The first-order chi connectivity index (χ1) is 9.86. The lowest BCUT2D eigenvalue weighted by Crippen LogP contribution is -2.24. The maximum absolute atomic E-state index is 4.48. The summed E-state index contributed by atoms with van der Waals surface area (Å²) in [6, 6.07) is 9.20. The molecule has 1 aliphatic carbocycles. The summed E-state index contributed by atoms with van der Waals surface area (Å²) >= 11 is 1.77. The fourth-order valence-electron chi connectivity index (χ4n) is 2.79. The van der Waals surface area contributed by atoms with Crippen LogP contribution in [0.5, 0.6) is 0 Å². The number of hydrogen-bond acceptors (Lipinski definition) is 3. The van der Waals surface area contributed by atoms with Crippen molar-refractivity contribution in [1.82, 2.24) is 9.55 Å². The van der Waals surface area contributed by atoms with Gasteiger partial charge in [-0.15, -0.1) is 11.8 Å². The number of imidazole rings is 1. The summed E-state index contributed by atoms with van der Waals surface area (Å²) in [4.78, 5) is 5.76. The Bertz CT molecular complexity index is 541. The van der Waals surface area contributed by atoms with E-state index in [0.717, 1.165) is 5.95 Å². The zero-order valence-corrected chi connectivity index (χ0v) is 12.7. The first-order valence-electron chi connectivity index (χ1n) is 7.31. The molecule has 1 aromatic heterocycles. The van der Waals surface area contributed by atoms with Crippen LogP contribution in [0, 0.1) is 0 Å². The highest BCUT2D eigenvalue weighted by Gasteiger charge is 2.15. The lowest BCUT2D eigenvalue weighted by molar-refractivity contribution is 0.460. The van der Waals surface area contributed by atoms with Gasteiger partial charge < -0.3 is 5.32 Å². The van der Waals surface area contributed by atoms with Crippen LogP contribution in [-0.2, 0) is 0 Å². The number of nitrogens with one attached hydrogen (secondary N) is 1. The maximum Gasteiger partial charge on any atom is 0.207 e. The molecular weight excluding hydrogens is 266 g/mol. The van der Waals surface area contributed by atoms with Crippen molar-refractivity contribution in [2.24, 2.45) is 0 Å². The number of anilines is 1. The van der Waals surface area contributed by atoms with E-state index in [1.165, 1.54) is 42.7 Å². The van der Waals surface area contributed by atoms with Crippen LogP contribution >= 0.6 is 11.8 Å². The number of hydrogen-bond donors (Lipinski definition) is 1. The fourth-order valence-corrected chi connectivity index (χ4v) is 3.20. The predicted octanol–water partition coefficient (Wildman–Crippen LogP) is 4.34. The van der Waals surface area contributed by atoms with Gasteiger partial charge in [-0.1, -0.05) is 19.3 Å². The quantitative estimate of drug-likeness (QED) is 0.848. The summed E-state index contributed by atoms with van der Waals surface area (Å²) in [6.07, 6.45) is 12.6. The highest BCUT2D eigenvalue weighted by Crippen LogP contribution is 2.23. The van der Waals surface area contributed by atoms with E-state index < -0.39 is 0 Å². The van der Waals surface area contributed by atoms with Crippen molar-refractivity contribution >= 4 is 17.7 Å². The lowest BCUT2D eigenvalue weighted by atomic mass is 9.96. The van der Waals surface area contributed by atoms with Gasteiger partial charge in [-0.25, -0.2) is 4.98 Å². The van der Waals surface area contributed by atoms with E-state index >= 15 is 0 Å².